The van der Waals surface area contributed by atoms with Gasteiger partial charge in [0.25, 0.3) is 0 Å². The lowest BCUT2D eigenvalue weighted by Gasteiger charge is -2.10. The number of fused-ring (bicyclic) bond motifs is 1. The number of thiazole rings is 1. The minimum absolute atomic E-state index is 0.257. The molecule has 0 bridgehead atoms. The van der Waals surface area contributed by atoms with Crippen molar-refractivity contribution in [1.29, 1.82) is 0 Å². The topological polar surface area (TPSA) is 39.2 Å². The Morgan fingerprint density at radius 1 is 1.00 bits per heavy atom. The predicted molar refractivity (Wildman–Crippen MR) is 116 cm³/mol. The highest BCUT2D eigenvalue weighted by Crippen LogP contribution is 2.28. The van der Waals surface area contributed by atoms with Crippen LogP contribution in [-0.2, 0) is 17.1 Å². The number of nitrogens with zero attached hydrogens (tertiary/aromatic N) is 1. The molecule has 1 heterocycles. The number of esters is 1. The fraction of sp³-hybridized carbons (Fsp3) is 0.130. The van der Waals surface area contributed by atoms with Gasteiger partial charge in [-0.25, -0.2) is 9.78 Å². The van der Waals surface area contributed by atoms with E-state index >= 15 is 0 Å². The van der Waals surface area contributed by atoms with E-state index in [9.17, 15) is 4.79 Å². The van der Waals surface area contributed by atoms with Crippen molar-refractivity contribution in [2.45, 2.75) is 23.6 Å². The van der Waals surface area contributed by atoms with Crippen LogP contribution in [0.3, 0.4) is 0 Å². The lowest BCUT2D eigenvalue weighted by molar-refractivity contribution is 0.0473. The first kappa shape index (κ1) is 18.7. The Kier molecular flexibility index (Phi) is 5.74. The van der Waals surface area contributed by atoms with Crippen molar-refractivity contribution in [1.82, 2.24) is 4.98 Å². The van der Waals surface area contributed by atoms with Crippen LogP contribution in [0.25, 0.3) is 10.8 Å². The molecule has 5 heteroatoms. The largest absolute Gasteiger partial charge is 0.457 e. The predicted octanol–water partition coefficient (Wildman–Crippen LogP) is 6.25. The van der Waals surface area contributed by atoms with Gasteiger partial charge in [-0.15, -0.1) is 11.3 Å². The molecule has 0 atom stereocenters. The van der Waals surface area contributed by atoms with Gasteiger partial charge in [0.15, 0.2) is 0 Å². The normalized spacial score (nSPS) is 10.9. The van der Waals surface area contributed by atoms with Crippen LogP contribution >= 0.6 is 23.1 Å². The molecule has 3 nitrogen and oxygen atoms in total. The molecule has 4 rings (SSSR count). The van der Waals surface area contributed by atoms with Crippen LogP contribution in [0.4, 0.5) is 0 Å². The molecule has 0 amide bonds. The molecule has 0 saturated carbocycles. The molecular weight excluding hydrogens is 386 g/mol. The zero-order valence-electron chi connectivity index (χ0n) is 15.4. The fourth-order valence-electron chi connectivity index (χ4n) is 3.02. The second kappa shape index (κ2) is 8.59. The number of thioether (sulfide) groups is 1. The molecule has 28 heavy (non-hydrogen) atoms. The van der Waals surface area contributed by atoms with Gasteiger partial charge in [-0.1, -0.05) is 72.4 Å². The van der Waals surface area contributed by atoms with Gasteiger partial charge in [0.05, 0.1) is 5.56 Å². The van der Waals surface area contributed by atoms with Crippen molar-refractivity contribution in [3.05, 3.63) is 94.5 Å². The maximum atomic E-state index is 12.7. The van der Waals surface area contributed by atoms with Crippen molar-refractivity contribution in [2.75, 3.05) is 0 Å². The second-order valence-corrected chi connectivity index (χ2v) is 8.50. The summed E-state index contributed by atoms with van der Waals surface area (Å²) in [5.74, 6) is 0.395. The van der Waals surface area contributed by atoms with E-state index in [0.717, 1.165) is 31.9 Å². The first-order chi connectivity index (χ1) is 13.7. The van der Waals surface area contributed by atoms with Crippen molar-refractivity contribution >= 4 is 39.8 Å². The lowest BCUT2D eigenvalue weighted by Crippen LogP contribution is -2.08. The van der Waals surface area contributed by atoms with Gasteiger partial charge >= 0.3 is 5.97 Å². The van der Waals surface area contributed by atoms with Crippen LogP contribution in [0.5, 0.6) is 0 Å². The van der Waals surface area contributed by atoms with Crippen molar-refractivity contribution in [3.63, 3.8) is 0 Å². The third-order valence-electron chi connectivity index (χ3n) is 4.43. The zero-order valence-corrected chi connectivity index (χ0v) is 17.1. The molecule has 0 aliphatic heterocycles. The highest BCUT2D eigenvalue weighted by molar-refractivity contribution is 8.00. The maximum Gasteiger partial charge on any atom is 0.338 e. The minimum Gasteiger partial charge on any atom is -0.457 e. The zero-order chi connectivity index (χ0) is 19.3. The van der Waals surface area contributed by atoms with Crippen molar-refractivity contribution in [2.24, 2.45) is 0 Å². The fourth-order valence-corrected chi connectivity index (χ4v) is 4.88. The first-order valence-corrected chi connectivity index (χ1v) is 10.8. The van der Waals surface area contributed by atoms with Crippen LogP contribution in [-0.4, -0.2) is 11.0 Å². The van der Waals surface area contributed by atoms with Crippen LogP contribution < -0.4 is 0 Å². The second-order valence-electron chi connectivity index (χ2n) is 6.42. The van der Waals surface area contributed by atoms with E-state index in [4.69, 9.17) is 4.74 Å². The number of aromatic nitrogens is 1. The lowest BCUT2D eigenvalue weighted by atomic mass is 10.1. The highest BCUT2D eigenvalue weighted by atomic mass is 32.2. The van der Waals surface area contributed by atoms with Gasteiger partial charge in [0.2, 0.25) is 0 Å². The summed E-state index contributed by atoms with van der Waals surface area (Å²) in [6.45, 7) is 2.24. The summed E-state index contributed by atoms with van der Waals surface area (Å²) in [4.78, 5) is 17.2. The van der Waals surface area contributed by atoms with Gasteiger partial charge in [0.1, 0.15) is 10.9 Å². The molecular formula is C23H19NO2S2. The van der Waals surface area contributed by atoms with Crippen molar-refractivity contribution < 1.29 is 9.53 Å². The number of ether oxygens (including phenoxy) is 1. The summed E-state index contributed by atoms with van der Waals surface area (Å²) >= 11 is 3.27. The van der Waals surface area contributed by atoms with E-state index in [1.54, 1.807) is 23.1 Å². The molecule has 140 valence electrons. The number of hydrogen-bond acceptors (Lipinski definition) is 5. The Balaban J connectivity index is 1.47. The number of carbonyl (C=O) groups is 1. The molecule has 0 spiro atoms. The Hall–Kier alpha value is -2.63. The number of hydrogen-bond donors (Lipinski definition) is 0. The molecule has 0 aliphatic carbocycles. The third kappa shape index (κ3) is 4.26. The summed E-state index contributed by atoms with van der Waals surface area (Å²) in [5.41, 5.74) is 3.61. The Labute approximate surface area is 172 Å². The molecule has 3 aromatic carbocycles. The van der Waals surface area contributed by atoms with E-state index in [0.29, 0.717) is 11.3 Å². The maximum absolute atomic E-state index is 12.7. The molecule has 4 aromatic rings. The number of rotatable bonds is 6. The van der Waals surface area contributed by atoms with E-state index in [1.165, 1.54) is 0 Å². The molecule has 0 fully saturated rings. The van der Waals surface area contributed by atoms with Crippen LogP contribution in [0.1, 0.15) is 27.2 Å². The van der Waals surface area contributed by atoms with Gasteiger partial charge in [-0.05, 0) is 34.9 Å². The molecule has 1 aromatic heterocycles. The number of benzene rings is 3. The minimum atomic E-state index is -0.292. The number of aryl methyl sites for hydroxylation is 1. The van der Waals surface area contributed by atoms with E-state index < -0.39 is 0 Å². The molecule has 0 aliphatic rings. The van der Waals surface area contributed by atoms with E-state index in [2.05, 4.69) is 23.2 Å². The molecule has 0 saturated heterocycles. The Morgan fingerprint density at radius 2 is 1.75 bits per heavy atom. The highest BCUT2D eigenvalue weighted by Gasteiger charge is 2.14. The summed E-state index contributed by atoms with van der Waals surface area (Å²) in [5, 5.41) is 4.29. The van der Waals surface area contributed by atoms with Gasteiger partial charge in [-0.3, -0.25) is 0 Å². The summed E-state index contributed by atoms with van der Waals surface area (Å²) in [6.07, 6.45) is 0. The summed E-state index contributed by atoms with van der Waals surface area (Å²) in [6, 6.07) is 21.8. The van der Waals surface area contributed by atoms with Crippen LogP contribution in [0.2, 0.25) is 0 Å². The third-order valence-corrected chi connectivity index (χ3v) is 6.61. The quantitative estimate of drug-likeness (QED) is 0.281. The van der Waals surface area contributed by atoms with Crippen LogP contribution in [0, 0.1) is 6.92 Å². The van der Waals surface area contributed by atoms with E-state index in [-0.39, 0.29) is 12.6 Å². The monoisotopic (exact) mass is 405 g/mol. The summed E-state index contributed by atoms with van der Waals surface area (Å²) < 4.78 is 6.67. The first-order valence-electron chi connectivity index (χ1n) is 8.97. The molecule has 0 radical (unpaired) electrons. The SMILES string of the molecule is Cc1csc(SCc2ccccc2C(=O)OCc2cccc3ccccc23)n1. The number of carbonyl (C=O) groups excluding carboxylic acids is 1. The standard InChI is InChI=1S/C23H19NO2S2/c1-16-14-27-23(24-16)28-15-19-8-3-5-12-21(19)22(25)26-13-18-10-6-9-17-7-2-4-11-20(17)18/h2-12,14H,13,15H2,1H3. The average Bonchev–Trinajstić information content (AvgIpc) is 3.16. The summed E-state index contributed by atoms with van der Waals surface area (Å²) in [7, 11) is 0. The Morgan fingerprint density at radius 3 is 2.61 bits per heavy atom. The van der Waals surface area contributed by atoms with Crippen molar-refractivity contribution in [3.8, 4) is 0 Å². The smallest absolute Gasteiger partial charge is 0.338 e. The van der Waals surface area contributed by atoms with Gasteiger partial charge in [-0.2, -0.15) is 0 Å². The van der Waals surface area contributed by atoms with Gasteiger partial charge < -0.3 is 4.74 Å². The van der Waals surface area contributed by atoms with E-state index in [1.807, 2.05) is 60.8 Å². The molecule has 0 N–H and O–H groups in total. The van der Waals surface area contributed by atoms with Gasteiger partial charge in [0, 0.05) is 16.8 Å². The Bertz CT molecular complexity index is 1120. The van der Waals surface area contributed by atoms with Crippen LogP contribution in [0.15, 0.2) is 76.4 Å². The molecule has 0 unspecified atom stereocenters. The average molecular weight is 406 g/mol.